The van der Waals surface area contributed by atoms with Crippen LogP contribution in [0.15, 0.2) is 42.6 Å². The summed E-state index contributed by atoms with van der Waals surface area (Å²) in [5, 5.41) is 16.0. The van der Waals surface area contributed by atoms with E-state index in [0.29, 0.717) is 22.3 Å². The Morgan fingerprint density at radius 2 is 1.97 bits per heavy atom. The van der Waals surface area contributed by atoms with Crippen LogP contribution in [0.25, 0.3) is 10.9 Å². The second-order valence-electron chi connectivity index (χ2n) is 6.95. The molecule has 0 saturated heterocycles. The topological polar surface area (TPSA) is 92.8 Å². The number of halogens is 3. The molecule has 1 N–H and O–H groups in total. The van der Waals surface area contributed by atoms with Crippen molar-refractivity contribution in [1.29, 1.82) is 5.26 Å². The van der Waals surface area contributed by atoms with E-state index < -0.39 is 24.0 Å². The number of carbonyl (C=O) groups is 1. The second kappa shape index (κ2) is 10.1. The first kappa shape index (κ1) is 24.7. The van der Waals surface area contributed by atoms with E-state index in [0.717, 1.165) is 6.92 Å². The van der Waals surface area contributed by atoms with Crippen LogP contribution < -0.4 is 10.1 Å². The number of fused-ring (bicyclic) bond motifs is 1. The average Bonchev–Trinajstić information content (AvgIpc) is 3.08. The Morgan fingerprint density at radius 3 is 2.56 bits per heavy atom. The van der Waals surface area contributed by atoms with Crippen molar-refractivity contribution in [2.75, 3.05) is 0 Å². The molecule has 3 aromatic rings. The molecule has 0 aliphatic rings. The van der Waals surface area contributed by atoms with Crippen LogP contribution in [0.5, 0.6) is 5.75 Å². The molecule has 2 aromatic heterocycles. The maximum atomic E-state index is 12.8. The predicted octanol–water partition coefficient (Wildman–Crippen LogP) is 4.54. The maximum absolute atomic E-state index is 12.8. The minimum atomic E-state index is -4.61. The van der Waals surface area contributed by atoms with Crippen molar-refractivity contribution >= 4 is 16.8 Å². The van der Waals surface area contributed by atoms with Gasteiger partial charge in [0.15, 0.2) is 0 Å². The number of nitrogens with one attached hydrogen (secondary N) is 1. The number of hydrogen-bond donors (Lipinski definition) is 1. The van der Waals surface area contributed by atoms with E-state index in [1.165, 1.54) is 17.8 Å². The molecule has 0 radical (unpaired) electrons. The Balaban J connectivity index is 0.00000176. The first-order chi connectivity index (χ1) is 15.1. The van der Waals surface area contributed by atoms with E-state index in [4.69, 9.17) is 4.74 Å². The fraction of sp³-hybridized carbons (Fsp3) is 0.364. The molecule has 0 fully saturated rings. The van der Waals surface area contributed by atoms with Gasteiger partial charge < -0.3 is 10.1 Å². The maximum Gasteiger partial charge on any atom is 0.392 e. The molecule has 0 bridgehead atoms. The molecule has 1 atom stereocenters. The number of aromatic nitrogens is 3. The van der Waals surface area contributed by atoms with Crippen LogP contribution in [0, 0.1) is 11.3 Å². The zero-order valence-corrected chi connectivity index (χ0v) is 18.2. The third-order valence-electron chi connectivity index (χ3n) is 4.32. The summed E-state index contributed by atoms with van der Waals surface area (Å²) in [7, 11) is 1.50. The van der Waals surface area contributed by atoms with Gasteiger partial charge in [0, 0.05) is 18.6 Å². The summed E-state index contributed by atoms with van der Waals surface area (Å²) < 4.78 is 45.4. The number of aryl methyl sites for hydroxylation is 1. The number of hydrogen-bond acceptors (Lipinski definition) is 5. The minimum Gasteiger partial charge on any atom is -0.487 e. The Labute approximate surface area is 183 Å². The lowest BCUT2D eigenvalue weighted by molar-refractivity contribution is -0.143. The fourth-order valence-corrected chi connectivity index (χ4v) is 3.00. The minimum absolute atomic E-state index is 0.0249. The molecule has 0 spiro atoms. The molecule has 1 unspecified atom stereocenters. The summed E-state index contributed by atoms with van der Waals surface area (Å²) in [5.74, 6) is -0.399. The summed E-state index contributed by atoms with van der Waals surface area (Å²) in [6, 6.07) is 11.8. The van der Waals surface area contributed by atoms with Crippen molar-refractivity contribution in [2.24, 2.45) is 7.05 Å². The highest BCUT2D eigenvalue weighted by atomic mass is 19.4. The molecule has 0 aliphatic heterocycles. The number of benzene rings is 1. The summed E-state index contributed by atoms with van der Waals surface area (Å²) in [6.07, 6.45) is -4.45. The molecule has 0 aliphatic carbocycles. The largest absolute Gasteiger partial charge is 0.487 e. The standard InChI is InChI=1S/C20H18F3N5O2.C2H6/c1-19(12-24,11-20(21,22)23)26-18(29)17-15-9-14(6-7-16(15)27-28(17)2)30-10-13-5-3-4-8-25-13;1-2/h3-9H,10-11H2,1-2H3,(H,26,29);1-2H3. The summed E-state index contributed by atoms with van der Waals surface area (Å²) in [4.78, 5) is 16.9. The molecular weight excluding hydrogens is 423 g/mol. The van der Waals surface area contributed by atoms with Crippen LogP contribution in [-0.2, 0) is 13.7 Å². The molecular formula is C22H24F3N5O2. The van der Waals surface area contributed by atoms with Crippen LogP contribution in [0.3, 0.4) is 0 Å². The quantitative estimate of drug-likeness (QED) is 0.599. The molecule has 0 saturated carbocycles. The summed E-state index contributed by atoms with van der Waals surface area (Å²) >= 11 is 0. The van der Waals surface area contributed by atoms with Gasteiger partial charge in [-0.15, -0.1) is 0 Å². The lowest BCUT2D eigenvalue weighted by atomic mass is 9.99. The molecule has 10 heteroatoms. The number of alkyl halides is 3. The third-order valence-corrected chi connectivity index (χ3v) is 4.32. The van der Waals surface area contributed by atoms with E-state index in [-0.39, 0.29) is 12.3 Å². The van der Waals surface area contributed by atoms with E-state index in [9.17, 15) is 23.2 Å². The summed E-state index contributed by atoms with van der Waals surface area (Å²) in [5.41, 5.74) is -0.920. The highest BCUT2D eigenvalue weighted by molar-refractivity contribution is 6.05. The normalized spacial score (nSPS) is 12.8. The number of pyridine rings is 1. The van der Waals surface area contributed by atoms with Crippen molar-refractivity contribution in [3.63, 3.8) is 0 Å². The number of amides is 1. The molecule has 7 nitrogen and oxygen atoms in total. The summed E-state index contributed by atoms with van der Waals surface area (Å²) in [6.45, 7) is 5.23. The highest BCUT2D eigenvalue weighted by Crippen LogP contribution is 2.28. The van der Waals surface area contributed by atoms with Crippen LogP contribution in [0.2, 0.25) is 0 Å². The molecule has 3 rings (SSSR count). The van der Waals surface area contributed by atoms with Crippen LogP contribution >= 0.6 is 0 Å². The van der Waals surface area contributed by atoms with E-state index >= 15 is 0 Å². The van der Waals surface area contributed by atoms with Crippen molar-refractivity contribution in [1.82, 2.24) is 20.1 Å². The molecule has 2 heterocycles. The van der Waals surface area contributed by atoms with Crippen LogP contribution in [0.4, 0.5) is 13.2 Å². The second-order valence-corrected chi connectivity index (χ2v) is 6.95. The monoisotopic (exact) mass is 447 g/mol. The van der Waals surface area contributed by atoms with Crippen molar-refractivity contribution in [3.05, 3.63) is 54.0 Å². The van der Waals surface area contributed by atoms with Gasteiger partial charge in [0.25, 0.3) is 5.91 Å². The molecule has 32 heavy (non-hydrogen) atoms. The number of carbonyl (C=O) groups excluding carboxylic acids is 1. The first-order valence-electron chi connectivity index (χ1n) is 9.90. The van der Waals surface area contributed by atoms with Gasteiger partial charge >= 0.3 is 6.18 Å². The van der Waals surface area contributed by atoms with Crippen molar-refractivity contribution < 1.29 is 22.7 Å². The SMILES string of the molecule is CC.Cn1nc2ccc(OCc3ccccn3)cc2c1C(=O)NC(C)(C#N)CC(F)(F)F. The van der Waals surface area contributed by atoms with Gasteiger partial charge in [-0.05, 0) is 37.3 Å². The van der Waals surface area contributed by atoms with Gasteiger partial charge in [-0.2, -0.15) is 23.5 Å². The average molecular weight is 447 g/mol. The Bertz CT molecular complexity index is 1110. The van der Waals surface area contributed by atoms with Gasteiger partial charge in [-0.25, -0.2) is 0 Å². The number of ether oxygens (including phenoxy) is 1. The lowest BCUT2D eigenvalue weighted by Crippen LogP contribution is -2.48. The number of rotatable bonds is 6. The Kier molecular flexibility index (Phi) is 7.81. The van der Waals surface area contributed by atoms with Gasteiger partial charge in [0.2, 0.25) is 0 Å². The molecule has 170 valence electrons. The zero-order valence-electron chi connectivity index (χ0n) is 18.2. The Morgan fingerprint density at radius 1 is 1.25 bits per heavy atom. The zero-order chi connectivity index (χ0) is 23.9. The first-order valence-corrected chi connectivity index (χ1v) is 9.90. The van der Waals surface area contributed by atoms with Crippen LogP contribution in [-0.4, -0.2) is 32.4 Å². The van der Waals surface area contributed by atoms with E-state index in [1.54, 1.807) is 36.5 Å². The fourth-order valence-electron chi connectivity index (χ4n) is 3.00. The van der Waals surface area contributed by atoms with Gasteiger partial charge in [0.1, 0.15) is 23.6 Å². The van der Waals surface area contributed by atoms with Gasteiger partial charge in [-0.1, -0.05) is 19.9 Å². The smallest absolute Gasteiger partial charge is 0.392 e. The van der Waals surface area contributed by atoms with E-state index in [2.05, 4.69) is 15.4 Å². The highest BCUT2D eigenvalue weighted by Gasteiger charge is 2.41. The van der Waals surface area contributed by atoms with Gasteiger partial charge in [0.05, 0.1) is 23.7 Å². The number of nitrogens with zero attached hydrogens (tertiary/aromatic N) is 4. The van der Waals surface area contributed by atoms with Crippen molar-refractivity contribution in [3.8, 4) is 11.8 Å². The van der Waals surface area contributed by atoms with Crippen molar-refractivity contribution in [2.45, 2.75) is 45.5 Å². The molecule has 1 aromatic carbocycles. The van der Waals surface area contributed by atoms with Crippen LogP contribution in [0.1, 0.15) is 43.4 Å². The molecule has 1 amide bonds. The predicted molar refractivity (Wildman–Crippen MR) is 113 cm³/mol. The van der Waals surface area contributed by atoms with Gasteiger partial charge in [-0.3, -0.25) is 14.5 Å². The lowest BCUT2D eigenvalue weighted by Gasteiger charge is -2.24. The van der Waals surface area contributed by atoms with E-state index in [1.807, 2.05) is 19.9 Å². The number of nitriles is 1. The third kappa shape index (κ3) is 6.20. The Hall–Kier alpha value is -3.61.